The van der Waals surface area contributed by atoms with Crippen LogP contribution in [0.15, 0.2) is 84.2 Å². The lowest BCUT2D eigenvalue weighted by Crippen LogP contribution is -2.48. The van der Waals surface area contributed by atoms with Gasteiger partial charge in [-0.25, -0.2) is 14.8 Å². The van der Waals surface area contributed by atoms with Gasteiger partial charge >= 0.3 is 6.09 Å². The maximum absolute atomic E-state index is 13.6. The van der Waals surface area contributed by atoms with E-state index in [1.807, 2.05) is 36.4 Å². The molecule has 4 heterocycles. The Morgan fingerprint density at radius 1 is 0.927 bits per heavy atom. The van der Waals surface area contributed by atoms with E-state index in [-0.39, 0.29) is 5.56 Å². The van der Waals surface area contributed by atoms with Crippen molar-refractivity contribution in [3.05, 3.63) is 99.8 Å². The minimum Gasteiger partial charge on any atom is -0.465 e. The van der Waals surface area contributed by atoms with Gasteiger partial charge in [-0.3, -0.25) is 14.3 Å². The Hall–Kier alpha value is -4.67. The van der Waals surface area contributed by atoms with Crippen LogP contribution >= 0.6 is 23.2 Å². The van der Waals surface area contributed by atoms with Gasteiger partial charge in [0.05, 0.1) is 26.6 Å². The predicted molar refractivity (Wildman–Crippen MR) is 160 cm³/mol. The molecular weight excluding hydrogens is 565 g/mol. The lowest BCUT2D eigenvalue weighted by Gasteiger charge is -2.34. The van der Waals surface area contributed by atoms with Gasteiger partial charge in [-0.2, -0.15) is 0 Å². The van der Waals surface area contributed by atoms with Gasteiger partial charge in [0.1, 0.15) is 0 Å². The smallest absolute Gasteiger partial charge is 0.407 e. The molecule has 2 N–H and O–H groups in total. The summed E-state index contributed by atoms with van der Waals surface area (Å²) in [6, 6.07) is 16.5. The van der Waals surface area contributed by atoms with Gasteiger partial charge in [0.15, 0.2) is 0 Å². The highest BCUT2D eigenvalue weighted by Gasteiger charge is 2.21. The molecule has 1 fully saturated rings. The molecule has 1 amide bonds. The Labute approximate surface area is 244 Å². The summed E-state index contributed by atoms with van der Waals surface area (Å²) >= 11 is 12.9. The summed E-state index contributed by atoms with van der Waals surface area (Å²) in [5.74, 6) is 0.318. The number of hydrogen-bond donors (Lipinski definition) is 2. The number of nitrogens with one attached hydrogen (secondary N) is 1. The molecule has 206 valence electrons. The fourth-order valence-electron chi connectivity index (χ4n) is 4.84. The van der Waals surface area contributed by atoms with Gasteiger partial charge in [-0.1, -0.05) is 35.3 Å². The molecule has 0 radical (unpaired) electrons. The largest absolute Gasteiger partial charge is 0.465 e. The molecule has 2 aromatic carbocycles. The molecule has 1 aliphatic heterocycles. The van der Waals surface area contributed by atoms with Crippen LogP contribution in [-0.4, -0.2) is 61.8 Å². The molecule has 0 bridgehead atoms. The van der Waals surface area contributed by atoms with Crippen LogP contribution in [0.25, 0.3) is 27.7 Å². The summed E-state index contributed by atoms with van der Waals surface area (Å²) < 4.78 is 1.42. The van der Waals surface area contributed by atoms with Crippen LogP contribution in [0, 0.1) is 0 Å². The van der Waals surface area contributed by atoms with Crippen molar-refractivity contribution in [2.45, 2.75) is 0 Å². The number of nitrogens with zero attached hydrogens (tertiary/aromatic N) is 6. The van der Waals surface area contributed by atoms with Crippen molar-refractivity contribution in [3.8, 4) is 16.8 Å². The molecule has 41 heavy (non-hydrogen) atoms. The molecule has 12 heteroatoms. The van der Waals surface area contributed by atoms with Crippen molar-refractivity contribution in [3.63, 3.8) is 0 Å². The third-order valence-corrected chi connectivity index (χ3v) is 7.55. The van der Waals surface area contributed by atoms with Crippen LogP contribution in [-0.2, 0) is 0 Å². The first-order valence-electron chi connectivity index (χ1n) is 12.8. The predicted octanol–water partition coefficient (Wildman–Crippen LogP) is 5.69. The highest BCUT2D eigenvalue weighted by Crippen LogP contribution is 2.32. The van der Waals surface area contributed by atoms with E-state index in [2.05, 4.69) is 20.2 Å². The van der Waals surface area contributed by atoms with Gasteiger partial charge in [0, 0.05) is 73.5 Å². The number of fused-ring (bicyclic) bond motifs is 1. The normalized spacial score (nSPS) is 13.4. The van der Waals surface area contributed by atoms with E-state index in [9.17, 15) is 14.7 Å². The first-order valence-corrected chi connectivity index (χ1v) is 13.5. The SMILES string of the molecule is O=C(O)N1CCN(c2ccc(Nc3ncc4c(=O)n(-c5c(Cl)cccc5Cl)cc(-c5cccnc5)c4n3)cc2)CC1. The second-order valence-electron chi connectivity index (χ2n) is 9.41. The van der Waals surface area contributed by atoms with Gasteiger partial charge in [-0.15, -0.1) is 0 Å². The summed E-state index contributed by atoms with van der Waals surface area (Å²) in [4.78, 5) is 41.8. The number of hydrogen-bond acceptors (Lipinski definition) is 7. The fourth-order valence-corrected chi connectivity index (χ4v) is 5.42. The van der Waals surface area contributed by atoms with Crippen LogP contribution < -0.4 is 15.8 Å². The number of amides is 1. The van der Waals surface area contributed by atoms with Crippen LogP contribution in [0.4, 0.5) is 22.1 Å². The molecule has 0 spiro atoms. The lowest BCUT2D eigenvalue weighted by molar-refractivity contribution is 0.142. The molecule has 1 aliphatic rings. The lowest BCUT2D eigenvalue weighted by atomic mass is 10.1. The number of carboxylic acid groups (broad SMARTS) is 1. The third kappa shape index (κ3) is 5.27. The maximum atomic E-state index is 13.6. The van der Waals surface area contributed by atoms with Gasteiger partial charge < -0.3 is 20.2 Å². The molecule has 0 unspecified atom stereocenters. The molecule has 0 saturated carbocycles. The number of para-hydroxylation sites is 1. The Balaban J connectivity index is 1.35. The summed E-state index contributed by atoms with van der Waals surface area (Å²) in [6.07, 6.45) is 5.64. The first kappa shape index (κ1) is 26.5. The number of pyridine rings is 2. The van der Waals surface area contributed by atoms with Crippen molar-refractivity contribution >= 4 is 57.5 Å². The van der Waals surface area contributed by atoms with E-state index in [0.29, 0.717) is 64.3 Å². The monoisotopic (exact) mass is 587 g/mol. The Morgan fingerprint density at radius 2 is 1.66 bits per heavy atom. The zero-order chi connectivity index (χ0) is 28.5. The van der Waals surface area contributed by atoms with Crippen molar-refractivity contribution in [1.82, 2.24) is 24.4 Å². The first-order chi connectivity index (χ1) is 19.9. The molecular formula is C29H23Cl2N7O3. The van der Waals surface area contributed by atoms with Crippen molar-refractivity contribution < 1.29 is 9.90 Å². The zero-order valence-electron chi connectivity index (χ0n) is 21.5. The number of aromatic nitrogens is 4. The Bertz CT molecular complexity index is 1790. The average molecular weight is 588 g/mol. The van der Waals surface area contributed by atoms with E-state index >= 15 is 0 Å². The minimum absolute atomic E-state index is 0.295. The number of anilines is 3. The quantitative estimate of drug-likeness (QED) is 0.269. The zero-order valence-corrected chi connectivity index (χ0v) is 23.0. The van der Waals surface area contributed by atoms with E-state index in [4.69, 9.17) is 28.2 Å². The van der Waals surface area contributed by atoms with E-state index in [0.717, 1.165) is 16.9 Å². The van der Waals surface area contributed by atoms with E-state index in [1.165, 1.54) is 15.7 Å². The third-order valence-electron chi connectivity index (χ3n) is 6.94. The van der Waals surface area contributed by atoms with Crippen molar-refractivity contribution in [2.24, 2.45) is 0 Å². The molecule has 6 rings (SSSR count). The standard InChI is InChI=1S/C29H23Cl2N7O3/c30-23-4-1-5-24(31)26(23)38-17-22(18-3-2-10-32-15-18)25-21(27(38)39)16-33-28(35-25)34-19-6-8-20(9-7-19)36-11-13-37(14-12-36)29(40)41/h1-10,15-17H,11-14H2,(H,40,41)(H,33,34,35). The summed E-state index contributed by atoms with van der Waals surface area (Å²) in [5.41, 5.74) is 3.64. The summed E-state index contributed by atoms with van der Waals surface area (Å²) in [7, 11) is 0. The minimum atomic E-state index is -0.891. The number of carbonyl (C=O) groups is 1. The highest BCUT2D eigenvalue weighted by molar-refractivity contribution is 6.37. The molecule has 1 saturated heterocycles. The summed E-state index contributed by atoms with van der Waals surface area (Å²) in [6.45, 7) is 2.18. The second kappa shape index (κ2) is 11.1. The van der Waals surface area contributed by atoms with E-state index < -0.39 is 6.09 Å². The fraction of sp³-hybridized carbons (Fsp3) is 0.138. The molecule has 3 aromatic heterocycles. The number of halogens is 2. The Kier molecular flexibility index (Phi) is 7.17. The molecule has 0 aliphatic carbocycles. The van der Waals surface area contributed by atoms with Crippen LogP contribution in [0.5, 0.6) is 0 Å². The molecule has 0 atom stereocenters. The van der Waals surface area contributed by atoms with Crippen LogP contribution in [0.3, 0.4) is 0 Å². The highest BCUT2D eigenvalue weighted by atomic mass is 35.5. The number of rotatable bonds is 5. The van der Waals surface area contributed by atoms with Crippen LogP contribution in [0.1, 0.15) is 0 Å². The van der Waals surface area contributed by atoms with Crippen molar-refractivity contribution in [2.75, 3.05) is 36.4 Å². The van der Waals surface area contributed by atoms with Gasteiger partial charge in [-0.05, 0) is 42.5 Å². The average Bonchev–Trinajstić information content (AvgIpc) is 2.99. The van der Waals surface area contributed by atoms with Gasteiger partial charge in [0.25, 0.3) is 5.56 Å². The van der Waals surface area contributed by atoms with Crippen molar-refractivity contribution in [1.29, 1.82) is 0 Å². The van der Waals surface area contributed by atoms with E-state index in [1.54, 1.807) is 36.8 Å². The maximum Gasteiger partial charge on any atom is 0.407 e. The van der Waals surface area contributed by atoms with Gasteiger partial charge in [0.2, 0.25) is 5.95 Å². The number of piperazine rings is 1. The molecule has 5 aromatic rings. The second-order valence-corrected chi connectivity index (χ2v) is 10.2. The summed E-state index contributed by atoms with van der Waals surface area (Å²) in [5, 5.41) is 13.4. The molecule has 10 nitrogen and oxygen atoms in total. The Morgan fingerprint density at radius 3 is 2.32 bits per heavy atom. The number of benzene rings is 2. The van der Waals surface area contributed by atoms with Crippen LogP contribution in [0.2, 0.25) is 10.0 Å². The topological polar surface area (TPSA) is 116 Å².